The molecule has 0 unspecified atom stereocenters. The molecule has 0 fully saturated rings. The first kappa shape index (κ1) is 15.1. The standard InChI is InChI=1S/C16H24N2OS/c1-3-4-5-6-7-8-11-17-16-18-14-10-9-13(19-2)12-15(14)20-16/h9-10,12H,3-8,11H2,1-2H3,(H,17,18). The van der Waals surface area contributed by atoms with Crippen LogP contribution in [0.2, 0.25) is 0 Å². The van der Waals surface area contributed by atoms with Gasteiger partial charge in [0.25, 0.3) is 0 Å². The van der Waals surface area contributed by atoms with E-state index in [0.717, 1.165) is 22.9 Å². The molecule has 4 heteroatoms. The van der Waals surface area contributed by atoms with Gasteiger partial charge in [-0.25, -0.2) is 4.98 Å². The summed E-state index contributed by atoms with van der Waals surface area (Å²) in [5.41, 5.74) is 1.04. The lowest BCUT2D eigenvalue weighted by atomic mass is 10.1. The lowest BCUT2D eigenvalue weighted by Gasteiger charge is -2.02. The summed E-state index contributed by atoms with van der Waals surface area (Å²) in [6.45, 7) is 3.27. The smallest absolute Gasteiger partial charge is 0.183 e. The van der Waals surface area contributed by atoms with E-state index in [-0.39, 0.29) is 0 Å². The Labute approximate surface area is 125 Å². The van der Waals surface area contributed by atoms with Crippen molar-refractivity contribution in [1.82, 2.24) is 4.98 Å². The van der Waals surface area contributed by atoms with Gasteiger partial charge in [-0.3, -0.25) is 0 Å². The van der Waals surface area contributed by atoms with Crippen molar-refractivity contribution in [2.24, 2.45) is 0 Å². The molecule has 1 heterocycles. The van der Waals surface area contributed by atoms with Crippen molar-refractivity contribution >= 4 is 26.7 Å². The minimum Gasteiger partial charge on any atom is -0.497 e. The van der Waals surface area contributed by atoms with E-state index >= 15 is 0 Å². The monoisotopic (exact) mass is 292 g/mol. The molecule has 0 aliphatic rings. The summed E-state index contributed by atoms with van der Waals surface area (Å²) in [5.74, 6) is 0.892. The Hall–Kier alpha value is -1.29. The fourth-order valence-electron chi connectivity index (χ4n) is 2.21. The number of unbranched alkanes of at least 4 members (excludes halogenated alkanes) is 5. The van der Waals surface area contributed by atoms with Gasteiger partial charge in [-0.2, -0.15) is 0 Å². The Morgan fingerprint density at radius 1 is 1.15 bits per heavy atom. The minimum atomic E-state index is 0.892. The molecule has 0 aliphatic carbocycles. The van der Waals surface area contributed by atoms with Crippen LogP contribution in [-0.4, -0.2) is 18.6 Å². The molecule has 20 heavy (non-hydrogen) atoms. The number of nitrogens with one attached hydrogen (secondary N) is 1. The van der Waals surface area contributed by atoms with Gasteiger partial charge in [-0.05, 0) is 24.6 Å². The lowest BCUT2D eigenvalue weighted by molar-refractivity contribution is 0.415. The highest BCUT2D eigenvalue weighted by Gasteiger charge is 2.04. The van der Waals surface area contributed by atoms with Gasteiger partial charge in [0.2, 0.25) is 0 Å². The topological polar surface area (TPSA) is 34.2 Å². The molecular formula is C16H24N2OS. The van der Waals surface area contributed by atoms with Crippen molar-refractivity contribution < 1.29 is 4.74 Å². The predicted molar refractivity (Wildman–Crippen MR) is 88.0 cm³/mol. The van der Waals surface area contributed by atoms with Gasteiger partial charge in [-0.15, -0.1) is 0 Å². The van der Waals surface area contributed by atoms with Crippen LogP contribution in [0.1, 0.15) is 45.4 Å². The molecule has 110 valence electrons. The molecule has 1 aromatic heterocycles. The molecule has 0 amide bonds. The fourth-order valence-corrected chi connectivity index (χ4v) is 3.13. The minimum absolute atomic E-state index is 0.892. The van der Waals surface area contributed by atoms with Crippen molar-refractivity contribution in [3.05, 3.63) is 18.2 Å². The normalized spacial score (nSPS) is 10.9. The molecular weight excluding hydrogens is 268 g/mol. The Morgan fingerprint density at radius 3 is 2.75 bits per heavy atom. The number of methoxy groups -OCH3 is 1. The zero-order valence-electron chi connectivity index (χ0n) is 12.4. The highest BCUT2D eigenvalue weighted by molar-refractivity contribution is 7.22. The van der Waals surface area contributed by atoms with Crippen molar-refractivity contribution in [3.8, 4) is 5.75 Å². The number of nitrogens with zero attached hydrogens (tertiary/aromatic N) is 1. The maximum Gasteiger partial charge on any atom is 0.183 e. The lowest BCUT2D eigenvalue weighted by Crippen LogP contribution is -2.00. The van der Waals surface area contributed by atoms with E-state index in [1.54, 1.807) is 18.4 Å². The van der Waals surface area contributed by atoms with Crippen LogP contribution in [0.5, 0.6) is 5.75 Å². The quantitative estimate of drug-likeness (QED) is 0.655. The zero-order valence-corrected chi connectivity index (χ0v) is 13.3. The first-order valence-corrected chi connectivity index (χ1v) is 8.33. The third kappa shape index (κ3) is 4.37. The Morgan fingerprint density at radius 2 is 1.95 bits per heavy atom. The number of anilines is 1. The molecule has 0 aliphatic heterocycles. The molecule has 0 saturated carbocycles. The summed E-state index contributed by atoms with van der Waals surface area (Å²) < 4.78 is 6.41. The van der Waals surface area contributed by atoms with Gasteiger partial charge in [0.1, 0.15) is 5.75 Å². The molecule has 1 aromatic carbocycles. The van der Waals surface area contributed by atoms with Crippen LogP contribution in [0.4, 0.5) is 5.13 Å². The first-order chi connectivity index (χ1) is 9.83. The van der Waals surface area contributed by atoms with Crippen LogP contribution in [0.3, 0.4) is 0 Å². The summed E-state index contributed by atoms with van der Waals surface area (Å²) in [6, 6.07) is 6.02. The molecule has 0 saturated heterocycles. The summed E-state index contributed by atoms with van der Waals surface area (Å²) >= 11 is 1.70. The van der Waals surface area contributed by atoms with Crippen molar-refractivity contribution in [1.29, 1.82) is 0 Å². The van der Waals surface area contributed by atoms with Gasteiger partial charge < -0.3 is 10.1 Å². The average molecular weight is 292 g/mol. The van der Waals surface area contributed by atoms with Crippen LogP contribution in [0.15, 0.2) is 18.2 Å². The number of ether oxygens (including phenoxy) is 1. The SMILES string of the molecule is CCCCCCCCNc1nc2ccc(OC)cc2s1. The molecule has 3 nitrogen and oxygen atoms in total. The number of fused-ring (bicyclic) bond motifs is 1. The second-order valence-electron chi connectivity index (χ2n) is 5.05. The number of hydrogen-bond acceptors (Lipinski definition) is 4. The summed E-state index contributed by atoms with van der Waals surface area (Å²) in [7, 11) is 1.69. The predicted octanol–water partition coefficient (Wildman–Crippen LogP) is 5.08. The molecule has 2 rings (SSSR count). The van der Waals surface area contributed by atoms with E-state index < -0.39 is 0 Å². The van der Waals surface area contributed by atoms with Crippen molar-refractivity contribution in [2.45, 2.75) is 45.4 Å². The molecule has 0 spiro atoms. The maximum absolute atomic E-state index is 5.24. The maximum atomic E-state index is 5.24. The second kappa shape index (κ2) is 8.10. The van der Waals surface area contributed by atoms with Crippen molar-refractivity contribution in [3.63, 3.8) is 0 Å². The van der Waals surface area contributed by atoms with Crippen LogP contribution < -0.4 is 10.1 Å². The summed E-state index contributed by atoms with van der Waals surface area (Å²) in [6.07, 6.45) is 7.94. The third-order valence-electron chi connectivity index (χ3n) is 3.40. The highest BCUT2D eigenvalue weighted by Crippen LogP contribution is 2.29. The van der Waals surface area contributed by atoms with Crippen LogP contribution in [0, 0.1) is 0 Å². The average Bonchev–Trinajstić information content (AvgIpc) is 2.87. The van der Waals surface area contributed by atoms with Crippen LogP contribution in [0.25, 0.3) is 10.2 Å². The first-order valence-electron chi connectivity index (χ1n) is 7.52. The Bertz CT molecular complexity index is 524. The number of hydrogen-bond donors (Lipinski definition) is 1. The van der Waals surface area contributed by atoms with E-state index in [9.17, 15) is 0 Å². The molecule has 0 radical (unpaired) electrons. The van der Waals surface area contributed by atoms with E-state index in [2.05, 4.69) is 17.2 Å². The Balaban J connectivity index is 1.76. The van der Waals surface area contributed by atoms with Gasteiger partial charge in [0.15, 0.2) is 5.13 Å². The highest BCUT2D eigenvalue weighted by atomic mass is 32.1. The number of aromatic nitrogens is 1. The van der Waals surface area contributed by atoms with E-state index in [4.69, 9.17) is 4.74 Å². The fraction of sp³-hybridized carbons (Fsp3) is 0.562. The van der Waals surface area contributed by atoms with E-state index in [1.807, 2.05) is 18.2 Å². The van der Waals surface area contributed by atoms with Crippen LogP contribution >= 0.6 is 11.3 Å². The molecule has 1 N–H and O–H groups in total. The molecule has 2 aromatic rings. The Kier molecular flexibility index (Phi) is 6.12. The van der Waals surface area contributed by atoms with E-state index in [0.29, 0.717) is 0 Å². The van der Waals surface area contributed by atoms with Gasteiger partial charge in [-0.1, -0.05) is 50.4 Å². The summed E-state index contributed by atoms with van der Waals surface area (Å²) in [5, 5.41) is 4.44. The van der Waals surface area contributed by atoms with Crippen LogP contribution in [-0.2, 0) is 0 Å². The summed E-state index contributed by atoms with van der Waals surface area (Å²) in [4.78, 5) is 4.59. The van der Waals surface area contributed by atoms with Gasteiger partial charge in [0, 0.05) is 6.54 Å². The largest absolute Gasteiger partial charge is 0.497 e. The third-order valence-corrected chi connectivity index (χ3v) is 4.38. The van der Waals surface area contributed by atoms with Gasteiger partial charge in [0.05, 0.1) is 17.3 Å². The van der Waals surface area contributed by atoms with Crippen molar-refractivity contribution in [2.75, 3.05) is 19.0 Å². The van der Waals surface area contributed by atoms with E-state index in [1.165, 1.54) is 43.2 Å². The van der Waals surface area contributed by atoms with Gasteiger partial charge >= 0.3 is 0 Å². The number of rotatable bonds is 9. The number of thiazole rings is 1. The second-order valence-corrected chi connectivity index (χ2v) is 6.08. The molecule has 0 atom stereocenters. The zero-order chi connectivity index (χ0) is 14.2. The number of benzene rings is 1. The molecule has 0 bridgehead atoms.